The first-order valence-corrected chi connectivity index (χ1v) is 3.24. The molecule has 0 spiro atoms. The maximum absolute atomic E-state index is 10.4. The van der Waals surface area contributed by atoms with Gasteiger partial charge in [-0.15, -0.1) is 12.4 Å². The summed E-state index contributed by atoms with van der Waals surface area (Å²) in [6.07, 6.45) is 0. The lowest BCUT2D eigenvalue weighted by molar-refractivity contribution is -0.141. The molecule has 0 unspecified atom stereocenters. The van der Waals surface area contributed by atoms with Gasteiger partial charge >= 0.3 is 5.97 Å². The van der Waals surface area contributed by atoms with E-state index < -0.39 is 6.04 Å². The van der Waals surface area contributed by atoms with Gasteiger partial charge in [0.05, 0.1) is 7.11 Å². The number of rotatable bonds is 2. The number of carbonyl (C=O) groups excluding carboxylic acids is 1. The van der Waals surface area contributed by atoms with Gasteiger partial charge in [-0.2, -0.15) is 0 Å². The first-order chi connectivity index (χ1) is 3.72. The molecule has 0 amide bonds. The van der Waals surface area contributed by atoms with E-state index in [4.69, 9.17) is 5.73 Å². The van der Waals surface area contributed by atoms with Gasteiger partial charge < -0.3 is 10.5 Å². The second-order valence-electron chi connectivity index (χ2n) is 1.28. The van der Waals surface area contributed by atoms with Gasteiger partial charge in [-0.25, -0.2) is 0 Å². The summed E-state index contributed by atoms with van der Waals surface area (Å²) in [4.78, 5) is 10.4. The predicted octanol–water partition coefficient (Wildman–Crippen LogP) is 0.303. The van der Waals surface area contributed by atoms with Crippen LogP contribution < -0.4 is 5.73 Å². The highest BCUT2D eigenvalue weighted by Gasteiger charge is 2.09. The summed E-state index contributed by atoms with van der Waals surface area (Å²) in [6, 6.07) is -0.528. The van der Waals surface area contributed by atoms with Gasteiger partial charge in [0, 0.05) is 5.33 Å². The van der Waals surface area contributed by atoms with Crippen molar-refractivity contribution in [2.75, 3.05) is 12.4 Å². The maximum atomic E-state index is 10.4. The minimum Gasteiger partial charge on any atom is -0.468 e. The van der Waals surface area contributed by atoms with Crippen molar-refractivity contribution in [1.82, 2.24) is 0 Å². The van der Waals surface area contributed by atoms with Crippen LogP contribution in [0.5, 0.6) is 0 Å². The average Bonchev–Trinajstić information content (AvgIpc) is 1.84. The minimum absolute atomic E-state index is 0. The second kappa shape index (κ2) is 6.32. The quantitative estimate of drug-likeness (QED) is 0.536. The lowest BCUT2D eigenvalue weighted by Crippen LogP contribution is -2.32. The van der Waals surface area contributed by atoms with Gasteiger partial charge in [-0.05, 0) is 0 Å². The third kappa shape index (κ3) is 4.69. The van der Waals surface area contributed by atoms with Gasteiger partial charge in [0.15, 0.2) is 0 Å². The smallest absolute Gasteiger partial charge is 0.323 e. The third-order valence-corrected chi connectivity index (χ3v) is 1.37. The zero-order chi connectivity index (χ0) is 6.57. The number of esters is 1. The summed E-state index contributed by atoms with van der Waals surface area (Å²) in [5.74, 6) is -0.387. The van der Waals surface area contributed by atoms with Crippen LogP contribution in [-0.4, -0.2) is 24.5 Å². The Balaban J connectivity index is 0. The van der Waals surface area contributed by atoms with Crippen molar-refractivity contribution in [3.63, 3.8) is 0 Å². The van der Waals surface area contributed by atoms with E-state index in [0.29, 0.717) is 5.33 Å². The molecule has 0 saturated carbocycles. The Hall–Kier alpha value is 0.200. The molecular weight excluding hydrogens is 209 g/mol. The number of halogens is 2. The number of alkyl halides is 1. The highest BCUT2D eigenvalue weighted by Crippen LogP contribution is 1.88. The van der Waals surface area contributed by atoms with E-state index in [9.17, 15) is 4.79 Å². The van der Waals surface area contributed by atoms with E-state index in [0.717, 1.165) is 0 Å². The lowest BCUT2D eigenvalue weighted by atomic mass is 10.4. The number of carbonyl (C=O) groups is 1. The molecule has 0 aromatic heterocycles. The van der Waals surface area contributed by atoms with E-state index >= 15 is 0 Å². The Morgan fingerprint density at radius 1 is 1.89 bits per heavy atom. The van der Waals surface area contributed by atoms with Crippen LogP contribution in [0.1, 0.15) is 0 Å². The van der Waals surface area contributed by atoms with Crippen molar-refractivity contribution in [3.05, 3.63) is 0 Å². The Bertz CT molecular complexity index is 90.6. The molecule has 0 fully saturated rings. The Kier molecular flexibility index (Phi) is 8.38. The van der Waals surface area contributed by atoms with Gasteiger partial charge in [0.2, 0.25) is 0 Å². The van der Waals surface area contributed by atoms with Crippen LogP contribution in [0, 0.1) is 0 Å². The van der Waals surface area contributed by atoms with Crippen molar-refractivity contribution >= 4 is 34.3 Å². The molecule has 0 aliphatic heterocycles. The predicted molar refractivity (Wildman–Crippen MR) is 41.0 cm³/mol. The van der Waals surface area contributed by atoms with E-state index in [1.54, 1.807) is 0 Å². The first-order valence-electron chi connectivity index (χ1n) is 2.11. The Morgan fingerprint density at radius 3 is 2.44 bits per heavy atom. The second-order valence-corrected chi connectivity index (χ2v) is 1.93. The van der Waals surface area contributed by atoms with E-state index in [1.807, 2.05) is 0 Å². The van der Waals surface area contributed by atoms with Crippen LogP contribution in [-0.2, 0) is 9.53 Å². The molecule has 0 rings (SSSR count). The van der Waals surface area contributed by atoms with Crippen LogP contribution in [0.2, 0.25) is 0 Å². The summed E-state index contributed by atoms with van der Waals surface area (Å²) in [7, 11) is 1.31. The number of hydrogen-bond donors (Lipinski definition) is 1. The maximum Gasteiger partial charge on any atom is 0.323 e. The summed E-state index contributed by atoms with van der Waals surface area (Å²) in [5.41, 5.74) is 5.21. The molecule has 0 heterocycles. The molecule has 0 saturated heterocycles. The molecule has 0 bridgehead atoms. The van der Waals surface area contributed by atoms with Crippen molar-refractivity contribution in [2.24, 2.45) is 5.73 Å². The molecule has 0 aromatic carbocycles. The highest BCUT2D eigenvalue weighted by molar-refractivity contribution is 9.09. The molecule has 0 aliphatic carbocycles. The van der Waals surface area contributed by atoms with Gasteiger partial charge in [-0.3, -0.25) is 4.79 Å². The average molecular weight is 218 g/mol. The van der Waals surface area contributed by atoms with Crippen LogP contribution in [0.4, 0.5) is 0 Å². The fourth-order valence-electron chi connectivity index (χ4n) is 0.214. The molecule has 1 atom stereocenters. The van der Waals surface area contributed by atoms with E-state index in [1.165, 1.54) is 7.11 Å². The molecular formula is C4H9BrClNO2. The van der Waals surface area contributed by atoms with Crippen molar-refractivity contribution in [1.29, 1.82) is 0 Å². The number of nitrogens with two attached hydrogens (primary N) is 1. The molecule has 0 aromatic rings. The standard InChI is InChI=1S/C4H8BrNO2.ClH/c1-8-4(7)3(6)2-5;/h3H,2,6H2,1H3;1H/t3-;/m0./s1. The summed E-state index contributed by atoms with van der Waals surface area (Å²) >= 11 is 3.03. The normalized spacial score (nSPS) is 11.4. The number of ether oxygens (including phenoxy) is 1. The van der Waals surface area contributed by atoms with Crippen molar-refractivity contribution in [3.8, 4) is 0 Å². The Labute approximate surface area is 68.5 Å². The molecule has 0 radical (unpaired) electrons. The van der Waals surface area contributed by atoms with Crippen molar-refractivity contribution in [2.45, 2.75) is 6.04 Å². The number of hydrogen-bond acceptors (Lipinski definition) is 3. The van der Waals surface area contributed by atoms with Gasteiger partial charge in [-0.1, -0.05) is 15.9 Å². The molecule has 56 valence electrons. The highest BCUT2D eigenvalue weighted by atomic mass is 79.9. The van der Waals surface area contributed by atoms with Gasteiger partial charge in [0.1, 0.15) is 6.04 Å². The van der Waals surface area contributed by atoms with Gasteiger partial charge in [0.25, 0.3) is 0 Å². The van der Waals surface area contributed by atoms with Crippen molar-refractivity contribution < 1.29 is 9.53 Å². The third-order valence-electron chi connectivity index (χ3n) is 0.670. The summed E-state index contributed by atoms with van der Waals surface area (Å²) < 4.78 is 4.31. The SMILES string of the molecule is COC(=O)[C@@H](N)CBr.Cl. The van der Waals surface area contributed by atoms with Crippen LogP contribution in [0.15, 0.2) is 0 Å². The van der Waals surface area contributed by atoms with Crippen LogP contribution >= 0.6 is 28.3 Å². The monoisotopic (exact) mass is 217 g/mol. The topological polar surface area (TPSA) is 52.3 Å². The largest absolute Gasteiger partial charge is 0.468 e. The Morgan fingerprint density at radius 2 is 2.33 bits per heavy atom. The molecule has 9 heavy (non-hydrogen) atoms. The first kappa shape index (κ1) is 11.9. The summed E-state index contributed by atoms with van der Waals surface area (Å²) in [6.45, 7) is 0. The van der Waals surface area contributed by atoms with Crippen LogP contribution in [0.3, 0.4) is 0 Å². The minimum atomic E-state index is -0.528. The molecule has 0 aliphatic rings. The molecule has 2 N–H and O–H groups in total. The fraction of sp³-hybridized carbons (Fsp3) is 0.750. The van der Waals surface area contributed by atoms with E-state index in [-0.39, 0.29) is 18.4 Å². The molecule has 5 heteroatoms. The lowest BCUT2D eigenvalue weighted by Gasteiger charge is -2.02. The number of methoxy groups -OCH3 is 1. The fourth-order valence-corrected chi connectivity index (χ4v) is 0.479. The summed E-state index contributed by atoms with van der Waals surface area (Å²) in [5, 5.41) is 0.444. The van der Waals surface area contributed by atoms with Crippen LogP contribution in [0.25, 0.3) is 0 Å². The molecule has 3 nitrogen and oxygen atoms in total. The zero-order valence-corrected chi connectivity index (χ0v) is 7.37. The van der Waals surface area contributed by atoms with E-state index in [2.05, 4.69) is 20.7 Å². The zero-order valence-electron chi connectivity index (χ0n) is 4.96.